The number of aromatic nitrogens is 2. The first-order valence-corrected chi connectivity index (χ1v) is 8.68. The average molecular weight is 328 g/mol. The van der Waals surface area contributed by atoms with E-state index in [0.717, 1.165) is 5.39 Å². The molecule has 3 heterocycles. The van der Waals surface area contributed by atoms with Crippen molar-refractivity contribution in [3.8, 4) is 0 Å². The van der Waals surface area contributed by atoms with Crippen molar-refractivity contribution in [1.82, 2.24) is 14.5 Å². The van der Waals surface area contributed by atoms with Gasteiger partial charge in [0.15, 0.2) is 9.84 Å². The van der Waals surface area contributed by atoms with Crippen LogP contribution in [0, 0.1) is 0 Å². The molecule has 0 spiro atoms. The van der Waals surface area contributed by atoms with E-state index < -0.39 is 9.84 Å². The Morgan fingerprint density at radius 2 is 2.00 bits per heavy atom. The fourth-order valence-corrected chi connectivity index (χ4v) is 3.93. The molecule has 1 aliphatic heterocycles. The maximum Gasteiger partial charge on any atom is 0.257 e. The Labute approximate surface area is 127 Å². The number of fused-ring (bicyclic) bond motifs is 1. The number of carbonyl (C=O) groups excluding carboxylic acids is 1. The van der Waals surface area contributed by atoms with Crippen LogP contribution in [0.2, 0.25) is 5.15 Å². The zero-order valence-corrected chi connectivity index (χ0v) is 13.0. The minimum absolute atomic E-state index is 0.00996. The van der Waals surface area contributed by atoms with Crippen LogP contribution in [0.5, 0.6) is 0 Å². The molecular formula is C13H14ClN3O3S. The Morgan fingerprint density at radius 1 is 1.33 bits per heavy atom. The lowest BCUT2D eigenvalue weighted by Crippen LogP contribution is -2.43. The van der Waals surface area contributed by atoms with E-state index in [-0.39, 0.29) is 30.5 Å². The third-order valence-electron chi connectivity index (χ3n) is 3.72. The number of aryl methyl sites for hydroxylation is 1. The zero-order chi connectivity index (χ0) is 15.2. The van der Waals surface area contributed by atoms with Crippen LogP contribution in [0.25, 0.3) is 10.9 Å². The van der Waals surface area contributed by atoms with Gasteiger partial charge < -0.3 is 9.47 Å². The Kier molecular flexibility index (Phi) is 3.41. The normalized spacial score (nSPS) is 18.1. The van der Waals surface area contributed by atoms with E-state index in [1.807, 2.05) is 23.9 Å². The highest BCUT2D eigenvalue weighted by molar-refractivity contribution is 7.91. The molecule has 0 radical (unpaired) electrons. The third kappa shape index (κ3) is 2.51. The Morgan fingerprint density at radius 3 is 2.67 bits per heavy atom. The van der Waals surface area contributed by atoms with Crippen molar-refractivity contribution in [2.24, 2.45) is 7.05 Å². The first-order chi connectivity index (χ1) is 9.89. The summed E-state index contributed by atoms with van der Waals surface area (Å²) in [6.45, 7) is 0.436. The molecule has 2 aromatic rings. The number of hydrogen-bond donors (Lipinski definition) is 0. The number of nitrogens with zero attached hydrogens (tertiary/aromatic N) is 3. The summed E-state index contributed by atoms with van der Waals surface area (Å²) in [6.07, 6.45) is 3.27. The lowest BCUT2D eigenvalue weighted by atomic mass is 10.2. The SMILES string of the molecule is Cn1ccc2c(Cl)ncc(C(=O)N3CCS(=O)(=O)CC3)c21. The molecule has 0 unspecified atom stereocenters. The van der Waals surface area contributed by atoms with Gasteiger partial charge in [0.25, 0.3) is 5.91 Å². The molecule has 1 amide bonds. The summed E-state index contributed by atoms with van der Waals surface area (Å²) >= 11 is 6.04. The van der Waals surface area contributed by atoms with Gasteiger partial charge in [-0.05, 0) is 6.07 Å². The minimum atomic E-state index is -3.01. The molecule has 112 valence electrons. The van der Waals surface area contributed by atoms with E-state index in [4.69, 9.17) is 11.6 Å². The molecule has 0 atom stereocenters. The second kappa shape index (κ2) is 4.99. The van der Waals surface area contributed by atoms with Gasteiger partial charge in [0.2, 0.25) is 0 Å². The number of halogens is 1. The number of rotatable bonds is 1. The molecule has 0 aliphatic carbocycles. The van der Waals surface area contributed by atoms with Gasteiger partial charge in [0.05, 0.1) is 22.6 Å². The maximum atomic E-state index is 12.6. The summed E-state index contributed by atoms with van der Waals surface area (Å²) in [4.78, 5) is 18.2. The maximum absolute atomic E-state index is 12.6. The van der Waals surface area contributed by atoms with Gasteiger partial charge in [-0.2, -0.15) is 0 Å². The molecule has 0 bridgehead atoms. The lowest BCUT2D eigenvalue weighted by Gasteiger charge is -2.27. The summed E-state index contributed by atoms with van der Waals surface area (Å²) in [6, 6.07) is 1.81. The standard InChI is InChI=1S/C13H14ClN3O3S/c1-16-3-2-9-11(16)10(8-15-12(9)14)13(18)17-4-6-21(19,20)7-5-17/h2-3,8H,4-7H2,1H3. The van der Waals surface area contributed by atoms with Crippen LogP contribution in [0.15, 0.2) is 18.5 Å². The predicted octanol–water partition coefficient (Wildman–Crippen LogP) is 1.10. The van der Waals surface area contributed by atoms with Gasteiger partial charge >= 0.3 is 0 Å². The smallest absolute Gasteiger partial charge is 0.257 e. The molecule has 2 aromatic heterocycles. The first kappa shape index (κ1) is 14.3. The predicted molar refractivity (Wildman–Crippen MR) is 80.3 cm³/mol. The van der Waals surface area contributed by atoms with Gasteiger partial charge in [-0.1, -0.05) is 11.6 Å². The van der Waals surface area contributed by atoms with Crippen molar-refractivity contribution in [1.29, 1.82) is 0 Å². The Hall–Kier alpha value is -1.60. The molecular weight excluding hydrogens is 314 g/mol. The Balaban J connectivity index is 1.99. The number of carbonyl (C=O) groups is 1. The zero-order valence-electron chi connectivity index (χ0n) is 11.4. The molecule has 1 saturated heterocycles. The Bertz CT molecular complexity index is 815. The van der Waals surface area contributed by atoms with Gasteiger partial charge in [0, 0.05) is 37.9 Å². The van der Waals surface area contributed by atoms with Crippen LogP contribution in [-0.2, 0) is 16.9 Å². The van der Waals surface area contributed by atoms with E-state index >= 15 is 0 Å². The highest BCUT2D eigenvalue weighted by atomic mass is 35.5. The second-order valence-corrected chi connectivity index (χ2v) is 7.76. The van der Waals surface area contributed by atoms with E-state index in [0.29, 0.717) is 16.2 Å². The van der Waals surface area contributed by atoms with Gasteiger partial charge in [-0.25, -0.2) is 13.4 Å². The number of amides is 1. The highest BCUT2D eigenvalue weighted by Gasteiger charge is 2.27. The van der Waals surface area contributed by atoms with Gasteiger partial charge in [-0.3, -0.25) is 4.79 Å². The molecule has 1 fully saturated rings. The van der Waals surface area contributed by atoms with Crippen LogP contribution in [-0.4, -0.2) is 53.4 Å². The van der Waals surface area contributed by atoms with Crippen LogP contribution >= 0.6 is 11.6 Å². The third-order valence-corrected chi connectivity index (χ3v) is 5.63. The summed E-state index contributed by atoms with van der Waals surface area (Å²) in [5, 5.41) is 1.07. The van der Waals surface area contributed by atoms with Gasteiger partial charge in [0.1, 0.15) is 5.15 Å². The summed E-state index contributed by atoms with van der Waals surface area (Å²) in [7, 11) is -1.18. The fraction of sp³-hybridized carbons (Fsp3) is 0.385. The molecule has 0 N–H and O–H groups in total. The van der Waals surface area contributed by atoms with Crippen molar-refractivity contribution >= 4 is 38.2 Å². The van der Waals surface area contributed by atoms with E-state index in [1.165, 1.54) is 6.20 Å². The lowest BCUT2D eigenvalue weighted by molar-refractivity contribution is 0.0771. The van der Waals surface area contributed by atoms with Crippen molar-refractivity contribution < 1.29 is 13.2 Å². The quantitative estimate of drug-likeness (QED) is 0.735. The largest absolute Gasteiger partial charge is 0.350 e. The molecule has 1 aliphatic rings. The van der Waals surface area contributed by atoms with Crippen molar-refractivity contribution in [3.63, 3.8) is 0 Å². The van der Waals surface area contributed by atoms with E-state index in [9.17, 15) is 13.2 Å². The van der Waals surface area contributed by atoms with E-state index in [2.05, 4.69) is 4.98 Å². The molecule has 0 aromatic carbocycles. The number of hydrogen-bond acceptors (Lipinski definition) is 4. The minimum Gasteiger partial charge on any atom is -0.350 e. The molecule has 21 heavy (non-hydrogen) atoms. The van der Waals surface area contributed by atoms with Crippen LogP contribution in [0.3, 0.4) is 0 Å². The summed E-state index contributed by atoms with van der Waals surface area (Å²) < 4.78 is 24.7. The summed E-state index contributed by atoms with van der Waals surface area (Å²) in [5.74, 6) is -0.188. The topological polar surface area (TPSA) is 72.3 Å². The number of pyridine rings is 1. The second-order valence-electron chi connectivity index (χ2n) is 5.10. The van der Waals surface area contributed by atoms with Crippen LogP contribution < -0.4 is 0 Å². The van der Waals surface area contributed by atoms with Gasteiger partial charge in [-0.15, -0.1) is 0 Å². The van der Waals surface area contributed by atoms with Crippen molar-refractivity contribution in [2.75, 3.05) is 24.6 Å². The molecule has 3 rings (SSSR count). The van der Waals surface area contributed by atoms with E-state index in [1.54, 1.807) is 4.90 Å². The fourth-order valence-electron chi connectivity index (χ4n) is 2.53. The monoisotopic (exact) mass is 327 g/mol. The first-order valence-electron chi connectivity index (χ1n) is 6.48. The highest BCUT2D eigenvalue weighted by Crippen LogP contribution is 2.26. The molecule has 8 heteroatoms. The average Bonchev–Trinajstić information content (AvgIpc) is 2.82. The number of sulfone groups is 1. The van der Waals surface area contributed by atoms with Crippen molar-refractivity contribution in [3.05, 3.63) is 29.2 Å². The van der Waals surface area contributed by atoms with Crippen molar-refractivity contribution in [2.45, 2.75) is 0 Å². The molecule has 0 saturated carbocycles. The molecule has 6 nitrogen and oxygen atoms in total. The summed E-state index contributed by atoms with van der Waals surface area (Å²) in [5.41, 5.74) is 1.16. The van der Waals surface area contributed by atoms with Crippen LogP contribution in [0.4, 0.5) is 0 Å². The van der Waals surface area contributed by atoms with Crippen LogP contribution in [0.1, 0.15) is 10.4 Å².